The van der Waals surface area contributed by atoms with Crippen molar-refractivity contribution in [2.24, 2.45) is 4.40 Å². The Bertz CT molecular complexity index is 753. The minimum absolute atomic E-state index is 0.0149. The van der Waals surface area contributed by atoms with Crippen LogP contribution in [0, 0.1) is 6.92 Å². The fraction of sp³-hybridized carbons (Fsp3) is 0.0769. The summed E-state index contributed by atoms with van der Waals surface area (Å²) < 4.78 is 27.9. The van der Waals surface area contributed by atoms with Gasteiger partial charge in [0.1, 0.15) is 0 Å². The van der Waals surface area contributed by atoms with Gasteiger partial charge in [0, 0.05) is 0 Å². The molecule has 0 fully saturated rings. The minimum atomic E-state index is -3.88. The normalized spacial score (nSPS) is 15.8. The van der Waals surface area contributed by atoms with Gasteiger partial charge >= 0.3 is 0 Å². The quantitative estimate of drug-likeness (QED) is 0.783. The Hall–Kier alpha value is -1.43. The Balaban J connectivity index is 2.47. The van der Waals surface area contributed by atoms with E-state index in [1.807, 2.05) is 0 Å². The maximum atomic E-state index is 12.1. The molecule has 4 nitrogen and oxygen atoms in total. The summed E-state index contributed by atoms with van der Waals surface area (Å²) in [5.74, 6) is -0.555. The maximum absolute atomic E-state index is 12.1. The van der Waals surface area contributed by atoms with Crippen LogP contribution in [0.1, 0.15) is 5.56 Å². The second-order valence-corrected chi connectivity index (χ2v) is 6.54. The van der Waals surface area contributed by atoms with Crippen LogP contribution in [-0.2, 0) is 14.8 Å². The number of rotatable bonds is 2. The van der Waals surface area contributed by atoms with Crippen molar-refractivity contribution in [3.63, 3.8) is 0 Å². The van der Waals surface area contributed by atoms with Crippen molar-refractivity contribution >= 4 is 44.7 Å². The lowest BCUT2D eigenvalue weighted by Gasteiger charge is -2.06. The zero-order chi connectivity index (χ0) is 14.9. The molecule has 0 bridgehead atoms. The highest BCUT2D eigenvalue weighted by Crippen LogP contribution is 2.21. The van der Waals surface area contributed by atoms with E-state index >= 15 is 0 Å². The average Bonchev–Trinajstić information content (AvgIpc) is 2.35. The average molecular weight is 330 g/mol. The molecule has 20 heavy (non-hydrogen) atoms. The number of aryl methyl sites for hydroxylation is 1. The lowest BCUT2D eigenvalue weighted by atomic mass is 10.1. The van der Waals surface area contributed by atoms with Crippen molar-refractivity contribution in [2.75, 3.05) is 0 Å². The summed E-state index contributed by atoms with van der Waals surface area (Å²) in [6.07, 6.45) is 2.34. The maximum Gasteiger partial charge on any atom is 0.282 e. The predicted octanol–water partition coefficient (Wildman–Crippen LogP) is 2.95. The van der Waals surface area contributed by atoms with Gasteiger partial charge in [0.25, 0.3) is 10.0 Å². The lowest BCUT2D eigenvalue weighted by Crippen LogP contribution is -2.10. The van der Waals surface area contributed by atoms with Crippen LogP contribution in [0.3, 0.4) is 0 Å². The highest BCUT2D eigenvalue weighted by atomic mass is 35.5. The zero-order valence-electron chi connectivity index (χ0n) is 10.3. The highest BCUT2D eigenvalue weighted by Gasteiger charge is 2.20. The van der Waals surface area contributed by atoms with E-state index in [1.165, 1.54) is 24.3 Å². The van der Waals surface area contributed by atoms with Gasteiger partial charge in [-0.15, -0.1) is 0 Å². The number of Topliss-reactive ketones (excluding diaryl/α,β-unsaturated/α-hetero) is 1. The van der Waals surface area contributed by atoms with Gasteiger partial charge in [-0.25, -0.2) is 0 Å². The highest BCUT2D eigenvalue weighted by molar-refractivity contribution is 7.90. The third-order valence-corrected chi connectivity index (χ3v) is 4.36. The van der Waals surface area contributed by atoms with E-state index in [0.29, 0.717) is 0 Å². The molecule has 0 spiro atoms. The van der Waals surface area contributed by atoms with Gasteiger partial charge in [0.15, 0.2) is 0 Å². The Morgan fingerprint density at radius 2 is 1.70 bits per heavy atom. The molecule has 0 aromatic heterocycles. The van der Waals surface area contributed by atoms with Crippen LogP contribution in [0.2, 0.25) is 0 Å². The molecule has 0 saturated carbocycles. The molecule has 0 unspecified atom stereocenters. The summed E-state index contributed by atoms with van der Waals surface area (Å²) in [7, 11) is -3.88. The molecule has 7 heteroatoms. The fourth-order valence-electron chi connectivity index (χ4n) is 1.57. The molecule has 1 aliphatic carbocycles. The van der Waals surface area contributed by atoms with E-state index < -0.39 is 15.8 Å². The Kier molecular flexibility index (Phi) is 4.13. The number of sulfonamides is 1. The summed E-state index contributed by atoms with van der Waals surface area (Å²) in [6, 6.07) is 6.35. The van der Waals surface area contributed by atoms with Crippen LogP contribution in [0.5, 0.6) is 0 Å². The van der Waals surface area contributed by atoms with Crippen molar-refractivity contribution in [3.8, 4) is 0 Å². The molecular weight excluding hydrogens is 321 g/mol. The smallest absolute Gasteiger partial charge is 0.282 e. The topological polar surface area (TPSA) is 63.6 Å². The largest absolute Gasteiger partial charge is 0.287 e. The van der Waals surface area contributed by atoms with Gasteiger partial charge in [-0.1, -0.05) is 35.3 Å². The molecule has 1 aliphatic rings. The molecule has 0 atom stereocenters. The van der Waals surface area contributed by atoms with Gasteiger partial charge in [-0.05, 0) is 36.8 Å². The third-order valence-electron chi connectivity index (χ3n) is 2.50. The monoisotopic (exact) mass is 329 g/mol. The van der Waals surface area contributed by atoms with Crippen LogP contribution in [0.25, 0.3) is 0 Å². The third kappa shape index (κ3) is 3.17. The van der Waals surface area contributed by atoms with Crippen LogP contribution in [0.4, 0.5) is 0 Å². The number of carbonyl (C=O) groups is 1. The Morgan fingerprint density at radius 1 is 1.10 bits per heavy atom. The molecule has 0 saturated heterocycles. The summed E-state index contributed by atoms with van der Waals surface area (Å²) in [5.41, 5.74) is 0.813. The zero-order valence-corrected chi connectivity index (χ0v) is 12.6. The molecule has 1 aromatic rings. The van der Waals surface area contributed by atoms with Crippen LogP contribution < -0.4 is 0 Å². The second kappa shape index (κ2) is 5.52. The molecule has 0 amide bonds. The lowest BCUT2D eigenvalue weighted by molar-refractivity contribution is -0.111. The number of halogens is 2. The fourth-order valence-corrected chi connectivity index (χ4v) is 3.12. The molecular formula is C13H9Cl2NO3S. The van der Waals surface area contributed by atoms with Gasteiger partial charge in [0.05, 0.1) is 20.7 Å². The standard InChI is InChI=1S/C13H9Cl2NO3S/c1-8-3-2-4-10(5-8)20(18,19)16-9-6-11(14)13(17)12(15)7-9/h2-7H,1H3. The summed E-state index contributed by atoms with van der Waals surface area (Å²) in [4.78, 5) is 11.4. The van der Waals surface area contributed by atoms with Gasteiger partial charge in [-0.3, -0.25) is 4.79 Å². The number of carbonyl (C=O) groups excluding carboxylic acids is 1. The predicted molar refractivity (Wildman–Crippen MR) is 78.7 cm³/mol. The number of benzene rings is 1. The molecule has 1 aromatic carbocycles. The second-order valence-electron chi connectivity index (χ2n) is 4.12. The van der Waals surface area contributed by atoms with Crippen molar-refractivity contribution in [2.45, 2.75) is 11.8 Å². The van der Waals surface area contributed by atoms with Crippen molar-refractivity contribution in [1.29, 1.82) is 0 Å². The van der Waals surface area contributed by atoms with Gasteiger partial charge in [0.2, 0.25) is 5.78 Å². The first kappa shape index (κ1) is 15.0. The summed E-state index contributed by atoms with van der Waals surface area (Å²) in [5, 5.41) is -0.341. The van der Waals surface area contributed by atoms with Crippen LogP contribution in [-0.4, -0.2) is 19.9 Å². The molecule has 0 aliphatic heterocycles. The van der Waals surface area contributed by atoms with Crippen molar-refractivity contribution in [3.05, 3.63) is 52.0 Å². The first-order valence-electron chi connectivity index (χ1n) is 5.50. The molecule has 0 N–H and O–H groups in total. The summed E-state index contributed by atoms with van der Waals surface area (Å²) in [6.45, 7) is 1.78. The molecule has 0 radical (unpaired) electrons. The number of hydrogen-bond donors (Lipinski definition) is 0. The van der Waals surface area contributed by atoms with E-state index in [9.17, 15) is 13.2 Å². The number of hydrogen-bond acceptors (Lipinski definition) is 3. The first-order valence-corrected chi connectivity index (χ1v) is 7.70. The van der Waals surface area contributed by atoms with E-state index in [4.69, 9.17) is 23.2 Å². The number of ketones is 1. The van der Waals surface area contributed by atoms with Gasteiger partial charge < -0.3 is 0 Å². The van der Waals surface area contributed by atoms with E-state index in [0.717, 1.165) is 5.56 Å². The minimum Gasteiger partial charge on any atom is -0.287 e. The molecule has 104 valence electrons. The van der Waals surface area contributed by atoms with E-state index in [2.05, 4.69) is 4.40 Å². The van der Waals surface area contributed by atoms with Crippen molar-refractivity contribution in [1.82, 2.24) is 0 Å². The van der Waals surface area contributed by atoms with Crippen LogP contribution >= 0.6 is 23.2 Å². The summed E-state index contributed by atoms with van der Waals surface area (Å²) >= 11 is 11.3. The number of nitrogens with zero attached hydrogens (tertiary/aromatic N) is 1. The molecule has 0 heterocycles. The van der Waals surface area contributed by atoms with Gasteiger partial charge in [-0.2, -0.15) is 12.8 Å². The first-order chi connectivity index (χ1) is 9.29. The SMILES string of the molecule is Cc1cccc(S(=O)(=O)N=C2C=C(Cl)C(=O)C(Cl)=C2)c1. The van der Waals surface area contributed by atoms with Crippen LogP contribution in [0.15, 0.2) is 55.8 Å². The van der Waals surface area contributed by atoms with Crippen molar-refractivity contribution < 1.29 is 13.2 Å². The number of allylic oxidation sites excluding steroid dienone is 4. The Morgan fingerprint density at radius 3 is 2.25 bits per heavy atom. The Labute approximate surface area is 126 Å². The van der Waals surface area contributed by atoms with E-state index in [1.54, 1.807) is 19.1 Å². The van der Waals surface area contributed by atoms with E-state index in [-0.39, 0.29) is 20.7 Å². The molecule has 2 rings (SSSR count).